The largest absolute Gasteiger partial charge is 0.497 e. The third-order valence-corrected chi connectivity index (χ3v) is 4.73. The number of rotatable bonds is 6. The molecule has 3 rings (SSSR count). The van der Waals surface area contributed by atoms with Crippen LogP contribution < -0.4 is 14.8 Å². The van der Waals surface area contributed by atoms with Crippen molar-refractivity contribution in [3.63, 3.8) is 0 Å². The lowest BCUT2D eigenvalue weighted by molar-refractivity contribution is -0.131. The molecule has 5 nitrogen and oxygen atoms in total. The zero-order valence-corrected chi connectivity index (χ0v) is 17.1. The average Bonchev–Trinajstić information content (AvgIpc) is 2.71. The van der Waals surface area contributed by atoms with Gasteiger partial charge in [-0.3, -0.25) is 9.59 Å². The van der Waals surface area contributed by atoms with Crippen LogP contribution in [0.1, 0.15) is 37.9 Å². The second kappa shape index (κ2) is 8.78. The number of benzene rings is 3. The zero-order valence-electron chi connectivity index (χ0n) is 17.1. The first-order valence-electron chi connectivity index (χ1n) is 9.55. The van der Waals surface area contributed by atoms with E-state index in [-0.39, 0.29) is 11.8 Å². The number of carbonyl (C=O) groups excluding carboxylic acids is 2. The summed E-state index contributed by atoms with van der Waals surface area (Å²) in [6, 6.07) is 18.5. The maximum Gasteiger partial charge on any atom is 0.308 e. The Morgan fingerprint density at radius 1 is 0.931 bits per heavy atom. The second-order valence-electron chi connectivity index (χ2n) is 7.16. The monoisotopic (exact) mass is 391 g/mol. The SMILES string of the molecule is COc1ccc([C@H](NC(=O)C(C)C)c2c(OC(C)=O)ccc3ccccc23)cc1. The van der Waals surface area contributed by atoms with E-state index < -0.39 is 12.0 Å². The lowest BCUT2D eigenvalue weighted by Gasteiger charge is -2.25. The smallest absolute Gasteiger partial charge is 0.308 e. The summed E-state index contributed by atoms with van der Waals surface area (Å²) >= 11 is 0. The molecule has 0 radical (unpaired) electrons. The van der Waals surface area contributed by atoms with Crippen LogP contribution in [0.4, 0.5) is 0 Å². The first-order chi connectivity index (χ1) is 13.9. The Kier molecular flexibility index (Phi) is 6.17. The highest BCUT2D eigenvalue weighted by Crippen LogP contribution is 2.37. The van der Waals surface area contributed by atoms with E-state index in [1.54, 1.807) is 13.2 Å². The van der Waals surface area contributed by atoms with Crippen molar-refractivity contribution >= 4 is 22.6 Å². The van der Waals surface area contributed by atoms with Gasteiger partial charge < -0.3 is 14.8 Å². The molecular weight excluding hydrogens is 366 g/mol. The van der Waals surface area contributed by atoms with Gasteiger partial charge in [-0.2, -0.15) is 0 Å². The number of hydrogen-bond donors (Lipinski definition) is 1. The van der Waals surface area contributed by atoms with Crippen LogP contribution in [0.3, 0.4) is 0 Å². The first kappa shape index (κ1) is 20.4. The molecular formula is C24H25NO4. The van der Waals surface area contributed by atoms with Gasteiger partial charge in [-0.05, 0) is 34.5 Å². The molecule has 0 unspecified atom stereocenters. The summed E-state index contributed by atoms with van der Waals surface area (Å²) in [5, 5.41) is 5.03. The fourth-order valence-corrected chi connectivity index (χ4v) is 3.24. The van der Waals surface area contributed by atoms with Crippen molar-refractivity contribution < 1.29 is 19.1 Å². The number of methoxy groups -OCH3 is 1. The highest BCUT2D eigenvalue weighted by atomic mass is 16.5. The van der Waals surface area contributed by atoms with Crippen LogP contribution >= 0.6 is 0 Å². The van der Waals surface area contributed by atoms with Crippen molar-refractivity contribution in [1.82, 2.24) is 5.32 Å². The number of nitrogens with one attached hydrogen (secondary N) is 1. The summed E-state index contributed by atoms with van der Waals surface area (Å²) in [5.74, 6) is 0.461. The quantitative estimate of drug-likeness (QED) is 0.491. The van der Waals surface area contributed by atoms with Crippen molar-refractivity contribution in [3.05, 3.63) is 71.8 Å². The van der Waals surface area contributed by atoms with E-state index in [1.165, 1.54) is 6.92 Å². The van der Waals surface area contributed by atoms with E-state index in [2.05, 4.69) is 5.32 Å². The van der Waals surface area contributed by atoms with Crippen molar-refractivity contribution in [3.8, 4) is 11.5 Å². The summed E-state index contributed by atoms with van der Waals surface area (Å²) < 4.78 is 10.8. The summed E-state index contributed by atoms with van der Waals surface area (Å²) in [6.07, 6.45) is 0. The van der Waals surface area contributed by atoms with Crippen molar-refractivity contribution in [2.45, 2.75) is 26.8 Å². The number of hydrogen-bond acceptors (Lipinski definition) is 4. The third kappa shape index (κ3) is 4.57. The van der Waals surface area contributed by atoms with E-state index in [0.717, 1.165) is 27.6 Å². The predicted molar refractivity (Wildman–Crippen MR) is 113 cm³/mol. The van der Waals surface area contributed by atoms with E-state index in [0.29, 0.717) is 5.75 Å². The number of ether oxygens (including phenoxy) is 2. The van der Waals surface area contributed by atoms with Crippen LogP contribution in [0, 0.1) is 5.92 Å². The minimum Gasteiger partial charge on any atom is -0.497 e. The van der Waals surface area contributed by atoms with Crippen LogP contribution in [0.2, 0.25) is 0 Å². The van der Waals surface area contributed by atoms with Gasteiger partial charge in [0.05, 0.1) is 13.2 Å². The van der Waals surface area contributed by atoms with Gasteiger partial charge in [-0.1, -0.05) is 56.3 Å². The fourth-order valence-electron chi connectivity index (χ4n) is 3.24. The summed E-state index contributed by atoms with van der Waals surface area (Å²) in [5.41, 5.74) is 1.61. The topological polar surface area (TPSA) is 64.6 Å². The van der Waals surface area contributed by atoms with Crippen LogP contribution in [0.15, 0.2) is 60.7 Å². The predicted octanol–water partition coefficient (Wildman–Crippen LogP) is 4.64. The number of amides is 1. The molecule has 3 aromatic carbocycles. The van der Waals surface area contributed by atoms with Gasteiger partial charge in [0.1, 0.15) is 11.5 Å². The molecule has 29 heavy (non-hydrogen) atoms. The molecule has 0 saturated heterocycles. The maximum absolute atomic E-state index is 12.6. The fraction of sp³-hybridized carbons (Fsp3) is 0.250. The Hall–Kier alpha value is -3.34. The van der Waals surface area contributed by atoms with Crippen LogP contribution in [0.5, 0.6) is 11.5 Å². The molecule has 1 amide bonds. The van der Waals surface area contributed by atoms with Crippen molar-refractivity contribution in [2.24, 2.45) is 5.92 Å². The molecule has 0 spiro atoms. The van der Waals surface area contributed by atoms with Crippen LogP contribution in [0.25, 0.3) is 10.8 Å². The number of esters is 1. The molecule has 0 saturated carbocycles. The standard InChI is InChI=1S/C24H25NO4/c1-15(2)24(27)25-23(18-9-12-19(28-4)13-10-18)22-20-8-6-5-7-17(20)11-14-21(22)29-16(3)26/h5-15,23H,1-4H3,(H,25,27)/t23-/m0/s1. The van der Waals surface area contributed by atoms with Crippen molar-refractivity contribution in [2.75, 3.05) is 7.11 Å². The van der Waals surface area contributed by atoms with E-state index in [1.807, 2.05) is 68.4 Å². The minimum atomic E-state index is -0.490. The van der Waals surface area contributed by atoms with Gasteiger partial charge in [-0.15, -0.1) is 0 Å². The molecule has 3 aromatic rings. The van der Waals surface area contributed by atoms with Gasteiger partial charge in [0.2, 0.25) is 5.91 Å². The first-order valence-corrected chi connectivity index (χ1v) is 9.55. The Balaban J connectivity index is 2.23. The minimum absolute atomic E-state index is 0.0903. The number of carbonyl (C=O) groups is 2. The lowest BCUT2D eigenvalue weighted by Crippen LogP contribution is -2.33. The molecule has 0 aliphatic carbocycles. The third-order valence-electron chi connectivity index (χ3n) is 4.73. The van der Waals surface area contributed by atoms with Crippen molar-refractivity contribution in [1.29, 1.82) is 0 Å². The highest BCUT2D eigenvalue weighted by Gasteiger charge is 2.25. The highest BCUT2D eigenvalue weighted by molar-refractivity contribution is 5.90. The summed E-state index contributed by atoms with van der Waals surface area (Å²) in [6.45, 7) is 5.06. The van der Waals surface area contributed by atoms with Crippen LogP contribution in [-0.4, -0.2) is 19.0 Å². The molecule has 0 aliphatic rings. The molecule has 1 atom stereocenters. The van der Waals surface area contributed by atoms with Gasteiger partial charge in [0.25, 0.3) is 0 Å². The van der Waals surface area contributed by atoms with E-state index in [9.17, 15) is 9.59 Å². The molecule has 0 heterocycles. The van der Waals surface area contributed by atoms with Gasteiger partial charge in [-0.25, -0.2) is 0 Å². The van der Waals surface area contributed by atoms with Gasteiger partial charge >= 0.3 is 5.97 Å². The summed E-state index contributed by atoms with van der Waals surface area (Å²) in [7, 11) is 1.61. The van der Waals surface area contributed by atoms with Crippen LogP contribution in [-0.2, 0) is 9.59 Å². The Bertz CT molecular complexity index is 1020. The Morgan fingerprint density at radius 2 is 1.62 bits per heavy atom. The van der Waals surface area contributed by atoms with E-state index in [4.69, 9.17) is 9.47 Å². The molecule has 0 aliphatic heterocycles. The van der Waals surface area contributed by atoms with E-state index >= 15 is 0 Å². The van der Waals surface area contributed by atoms with Gasteiger partial charge in [0.15, 0.2) is 0 Å². The molecule has 0 bridgehead atoms. The Labute approximate surface area is 170 Å². The maximum atomic E-state index is 12.6. The molecule has 0 aromatic heterocycles. The second-order valence-corrected chi connectivity index (χ2v) is 7.16. The molecule has 1 N–H and O–H groups in total. The molecule has 0 fully saturated rings. The zero-order chi connectivity index (χ0) is 21.0. The number of fused-ring (bicyclic) bond motifs is 1. The lowest BCUT2D eigenvalue weighted by atomic mass is 9.92. The average molecular weight is 391 g/mol. The normalized spacial score (nSPS) is 11.9. The Morgan fingerprint density at radius 3 is 2.24 bits per heavy atom. The summed E-state index contributed by atoms with van der Waals surface area (Å²) in [4.78, 5) is 24.4. The molecule has 150 valence electrons. The van der Waals surface area contributed by atoms with Gasteiger partial charge in [0, 0.05) is 18.4 Å². The molecule has 5 heteroatoms.